The minimum atomic E-state index is 0.0433. The van der Waals surface area contributed by atoms with Gasteiger partial charge in [-0.05, 0) is 39.7 Å². The number of nitrogens with zero attached hydrogens (tertiary/aromatic N) is 3. The molecular weight excluding hydrogens is 272 g/mol. The molecule has 1 aromatic rings. The number of anilines is 1. The Kier molecular flexibility index (Phi) is 3.69. The molecule has 2 fully saturated rings. The van der Waals surface area contributed by atoms with Crippen LogP contribution in [0, 0.1) is 19.8 Å². The lowest BCUT2D eigenvalue weighted by atomic mass is 9.92. The van der Waals surface area contributed by atoms with Crippen molar-refractivity contribution in [3.8, 4) is 0 Å². The predicted octanol–water partition coefficient (Wildman–Crippen LogP) is 2.32. The van der Waals surface area contributed by atoms with E-state index in [4.69, 9.17) is 0 Å². The number of thiazole rings is 1. The van der Waals surface area contributed by atoms with Crippen LogP contribution in [0.3, 0.4) is 0 Å². The fraction of sp³-hybridized carbons (Fsp3) is 0.714. The van der Waals surface area contributed by atoms with Gasteiger partial charge < -0.3 is 9.80 Å². The fourth-order valence-electron chi connectivity index (χ4n) is 3.46. The number of nitrogens with one attached hydrogen (secondary N) is 1. The highest BCUT2D eigenvalue weighted by atomic mass is 32.1. The molecule has 6 heteroatoms. The predicted molar refractivity (Wildman–Crippen MR) is 81.3 cm³/mol. The highest BCUT2D eigenvalue weighted by Gasteiger charge is 2.39. The number of urea groups is 1. The quantitative estimate of drug-likeness (QED) is 0.864. The summed E-state index contributed by atoms with van der Waals surface area (Å²) < 4.78 is 0. The zero-order valence-corrected chi connectivity index (χ0v) is 13.2. The van der Waals surface area contributed by atoms with Crippen molar-refractivity contribution in [2.24, 2.45) is 5.92 Å². The number of rotatable bonds is 1. The van der Waals surface area contributed by atoms with E-state index >= 15 is 0 Å². The summed E-state index contributed by atoms with van der Waals surface area (Å²) in [5, 5.41) is 4.94. The number of amides is 2. The SMILES string of the molecule is Cc1nc(C)c(NC(=O)N2CCC[C@H]3CN(C)C[C@H]32)s1. The van der Waals surface area contributed by atoms with Gasteiger partial charge in [-0.25, -0.2) is 9.78 Å². The molecular formula is C14H22N4OS. The van der Waals surface area contributed by atoms with E-state index in [2.05, 4.69) is 22.2 Å². The van der Waals surface area contributed by atoms with Crippen molar-refractivity contribution in [3.63, 3.8) is 0 Å². The van der Waals surface area contributed by atoms with Gasteiger partial charge in [0.25, 0.3) is 0 Å². The van der Waals surface area contributed by atoms with Crippen LogP contribution in [0.1, 0.15) is 23.5 Å². The van der Waals surface area contributed by atoms with E-state index in [0.29, 0.717) is 12.0 Å². The first-order chi connectivity index (χ1) is 9.54. The maximum atomic E-state index is 12.6. The fourth-order valence-corrected chi connectivity index (χ4v) is 4.27. The van der Waals surface area contributed by atoms with Gasteiger partial charge in [0, 0.05) is 19.6 Å². The van der Waals surface area contributed by atoms with Crippen molar-refractivity contribution in [1.82, 2.24) is 14.8 Å². The second-order valence-corrected chi connectivity index (χ2v) is 7.17. The lowest BCUT2D eigenvalue weighted by Crippen LogP contribution is -2.50. The Morgan fingerprint density at radius 2 is 2.20 bits per heavy atom. The molecule has 2 aliphatic heterocycles. The van der Waals surface area contributed by atoms with Gasteiger partial charge in [0.15, 0.2) is 0 Å². The number of fused-ring (bicyclic) bond motifs is 1. The zero-order valence-electron chi connectivity index (χ0n) is 12.3. The number of hydrogen-bond acceptors (Lipinski definition) is 4. The van der Waals surface area contributed by atoms with Crippen LogP contribution in [0.4, 0.5) is 9.80 Å². The van der Waals surface area contributed by atoms with E-state index in [9.17, 15) is 4.79 Å². The average molecular weight is 294 g/mol. The summed E-state index contributed by atoms with van der Waals surface area (Å²) in [5.74, 6) is 0.642. The zero-order chi connectivity index (χ0) is 14.3. The monoisotopic (exact) mass is 294 g/mol. The molecule has 1 N–H and O–H groups in total. The summed E-state index contributed by atoms with van der Waals surface area (Å²) in [7, 11) is 2.14. The molecule has 2 aliphatic rings. The van der Waals surface area contributed by atoms with Gasteiger partial charge in [0.1, 0.15) is 5.00 Å². The Morgan fingerprint density at radius 1 is 1.40 bits per heavy atom. The molecule has 2 saturated heterocycles. The van der Waals surface area contributed by atoms with E-state index in [1.807, 2.05) is 18.7 Å². The second-order valence-electron chi connectivity index (χ2n) is 5.96. The normalized spacial score (nSPS) is 26.6. The highest BCUT2D eigenvalue weighted by Crippen LogP contribution is 2.31. The maximum absolute atomic E-state index is 12.6. The molecule has 0 spiro atoms. The van der Waals surface area contributed by atoms with Crippen molar-refractivity contribution in [3.05, 3.63) is 10.7 Å². The summed E-state index contributed by atoms with van der Waals surface area (Å²) in [6.07, 6.45) is 2.36. The van der Waals surface area contributed by atoms with Crippen LogP contribution in [0.25, 0.3) is 0 Å². The van der Waals surface area contributed by atoms with Gasteiger partial charge in [0.05, 0.1) is 16.7 Å². The van der Waals surface area contributed by atoms with Gasteiger partial charge in [-0.15, -0.1) is 11.3 Å². The number of likely N-dealkylation sites (N-methyl/N-ethyl adjacent to an activating group) is 1. The number of piperidine rings is 1. The summed E-state index contributed by atoms with van der Waals surface area (Å²) in [6, 6.07) is 0.421. The van der Waals surface area contributed by atoms with Crippen molar-refractivity contribution >= 4 is 22.4 Å². The molecule has 0 unspecified atom stereocenters. The number of aromatic nitrogens is 1. The summed E-state index contributed by atoms with van der Waals surface area (Å²) in [4.78, 5) is 21.3. The Bertz CT molecular complexity index is 515. The minimum absolute atomic E-state index is 0.0433. The number of aryl methyl sites for hydroxylation is 2. The number of carbonyl (C=O) groups is 1. The number of likely N-dealkylation sites (tertiary alicyclic amines) is 2. The second kappa shape index (κ2) is 5.33. The van der Waals surface area contributed by atoms with Crippen LogP contribution in [0.2, 0.25) is 0 Å². The maximum Gasteiger partial charge on any atom is 0.322 e. The molecule has 3 rings (SSSR count). The minimum Gasteiger partial charge on any atom is -0.320 e. The summed E-state index contributed by atoms with van der Waals surface area (Å²) in [5.41, 5.74) is 0.915. The van der Waals surface area contributed by atoms with Crippen molar-refractivity contribution in [2.45, 2.75) is 32.7 Å². The molecule has 0 aromatic carbocycles. The average Bonchev–Trinajstić information content (AvgIpc) is 2.90. The van der Waals surface area contributed by atoms with E-state index in [1.165, 1.54) is 6.42 Å². The molecule has 5 nitrogen and oxygen atoms in total. The first-order valence-corrected chi connectivity index (χ1v) is 8.06. The molecule has 0 saturated carbocycles. The third-order valence-corrected chi connectivity index (χ3v) is 5.34. The molecule has 0 bridgehead atoms. The van der Waals surface area contributed by atoms with E-state index in [-0.39, 0.29) is 6.03 Å². The van der Waals surface area contributed by atoms with Gasteiger partial charge in [0.2, 0.25) is 0 Å². The molecule has 3 heterocycles. The Morgan fingerprint density at radius 3 is 2.90 bits per heavy atom. The molecule has 0 radical (unpaired) electrons. The highest BCUT2D eigenvalue weighted by molar-refractivity contribution is 7.16. The summed E-state index contributed by atoms with van der Waals surface area (Å²) in [6.45, 7) is 6.90. The van der Waals surface area contributed by atoms with Crippen LogP contribution >= 0.6 is 11.3 Å². The lowest BCUT2D eigenvalue weighted by molar-refractivity contribution is 0.146. The van der Waals surface area contributed by atoms with E-state index in [1.54, 1.807) is 11.3 Å². The first-order valence-electron chi connectivity index (χ1n) is 7.25. The number of hydrogen-bond donors (Lipinski definition) is 1. The van der Waals surface area contributed by atoms with Gasteiger partial charge in [-0.3, -0.25) is 5.32 Å². The Hall–Kier alpha value is -1.14. The third-order valence-electron chi connectivity index (χ3n) is 4.35. The topological polar surface area (TPSA) is 48.5 Å². The van der Waals surface area contributed by atoms with Gasteiger partial charge in [-0.1, -0.05) is 0 Å². The van der Waals surface area contributed by atoms with E-state index < -0.39 is 0 Å². The largest absolute Gasteiger partial charge is 0.322 e. The third kappa shape index (κ3) is 2.54. The smallest absolute Gasteiger partial charge is 0.320 e. The molecule has 1 aromatic heterocycles. The lowest BCUT2D eigenvalue weighted by Gasteiger charge is -2.36. The van der Waals surface area contributed by atoms with Gasteiger partial charge >= 0.3 is 6.03 Å². The number of carbonyl (C=O) groups excluding carboxylic acids is 1. The van der Waals surface area contributed by atoms with Crippen molar-refractivity contribution in [1.29, 1.82) is 0 Å². The first kappa shape index (κ1) is 13.8. The van der Waals surface area contributed by atoms with Crippen LogP contribution in [-0.2, 0) is 0 Å². The standard InChI is InChI=1S/C14H22N4OS/c1-9-13(20-10(2)15-9)16-14(19)18-6-4-5-11-7-17(3)8-12(11)18/h11-12H,4-8H2,1-3H3,(H,16,19)/t11-,12+/m0/s1. The van der Waals surface area contributed by atoms with Crippen LogP contribution < -0.4 is 5.32 Å². The summed E-state index contributed by atoms with van der Waals surface area (Å²) >= 11 is 1.55. The molecule has 0 aliphatic carbocycles. The molecule has 2 atom stereocenters. The van der Waals surface area contributed by atoms with Crippen LogP contribution in [0.15, 0.2) is 0 Å². The van der Waals surface area contributed by atoms with Crippen LogP contribution in [0.5, 0.6) is 0 Å². The Balaban J connectivity index is 1.71. The molecule has 2 amide bonds. The van der Waals surface area contributed by atoms with Crippen molar-refractivity contribution < 1.29 is 4.79 Å². The van der Waals surface area contributed by atoms with E-state index in [0.717, 1.165) is 41.8 Å². The Labute approximate surface area is 124 Å². The van der Waals surface area contributed by atoms with Crippen LogP contribution in [-0.4, -0.2) is 53.5 Å². The van der Waals surface area contributed by atoms with Gasteiger partial charge in [-0.2, -0.15) is 0 Å². The molecule has 20 heavy (non-hydrogen) atoms. The molecule has 110 valence electrons. The van der Waals surface area contributed by atoms with Crippen molar-refractivity contribution in [2.75, 3.05) is 32.0 Å².